The average Bonchev–Trinajstić information content (AvgIpc) is 2.89. The first-order valence-electron chi connectivity index (χ1n) is 6.65. The van der Waals surface area contributed by atoms with E-state index in [4.69, 9.17) is 4.74 Å². The number of unbranched alkanes of at least 4 members (excludes halogenated alkanes) is 1. The number of hydrogen-bond acceptors (Lipinski definition) is 4. The number of nitrogens with zero attached hydrogens (tertiary/aromatic N) is 2. The normalized spacial score (nSPS) is 37.9. The lowest BCUT2D eigenvalue weighted by molar-refractivity contribution is 0.0782. The van der Waals surface area contributed by atoms with E-state index in [1.165, 1.54) is 32.5 Å². The van der Waals surface area contributed by atoms with Crippen molar-refractivity contribution in [3.63, 3.8) is 0 Å². The molecule has 3 saturated heterocycles. The van der Waals surface area contributed by atoms with E-state index in [2.05, 4.69) is 15.1 Å². The highest BCUT2D eigenvalue weighted by atomic mass is 16.5. The summed E-state index contributed by atoms with van der Waals surface area (Å²) in [5, 5.41) is 2.45. The van der Waals surface area contributed by atoms with E-state index in [0.29, 0.717) is 12.3 Å². The quantitative estimate of drug-likeness (QED) is 0.564. The molecule has 3 unspecified atom stereocenters. The Bertz CT molecular complexity index is 323. The predicted molar refractivity (Wildman–Crippen MR) is 63.7 cm³/mol. The van der Waals surface area contributed by atoms with Crippen molar-refractivity contribution >= 4 is 6.09 Å². The molecule has 3 heterocycles. The van der Waals surface area contributed by atoms with Crippen LogP contribution in [-0.2, 0) is 4.74 Å². The molecule has 5 heteroatoms. The van der Waals surface area contributed by atoms with Crippen LogP contribution in [0.5, 0.6) is 0 Å². The molecule has 0 bridgehead atoms. The Kier molecular flexibility index (Phi) is 2.75. The maximum Gasteiger partial charge on any atom is 0.406 e. The molecule has 17 heavy (non-hydrogen) atoms. The molecule has 3 atom stereocenters. The molecule has 1 N–H and O–H groups in total. The van der Waals surface area contributed by atoms with Gasteiger partial charge in [-0.3, -0.25) is 9.80 Å². The minimum Gasteiger partial charge on any atom is -0.450 e. The van der Waals surface area contributed by atoms with E-state index in [0.717, 1.165) is 18.9 Å². The Hall–Kier alpha value is -0.810. The number of ether oxygens (including phenoxy) is 1. The zero-order valence-electron chi connectivity index (χ0n) is 10.4. The van der Waals surface area contributed by atoms with Gasteiger partial charge in [-0.05, 0) is 25.7 Å². The fraction of sp³-hybridized carbons (Fsp3) is 0.917. The monoisotopic (exact) mass is 239 g/mol. The fourth-order valence-electron chi connectivity index (χ4n) is 3.59. The zero-order chi connectivity index (χ0) is 11.9. The number of piperazine rings is 1. The second-order valence-electron chi connectivity index (χ2n) is 5.21. The second kappa shape index (κ2) is 4.14. The first-order chi connectivity index (χ1) is 8.29. The van der Waals surface area contributed by atoms with Crippen LogP contribution >= 0.6 is 0 Å². The summed E-state index contributed by atoms with van der Waals surface area (Å²) >= 11 is 0. The van der Waals surface area contributed by atoms with Crippen LogP contribution in [-0.4, -0.2) is 60.9 Å². The molecule has 0 radical (unpaired) electrons. The lowest BCUT2D eigenvalue weighted by atomic mass is 9.97. The molecule has 3 aliphatic rings. The second-order valence-corrected chi connectivity index (χ2v) is 5.21. The van der Waals surface area contributed by atoms with Gasteiger partial charge in [0.1, 0.15) is 0 Å². The molecule has 0 aliphatic carbocycles. The first-order valence-corrected chi connectivity index (χ1v) is 6.65. The Labute approximate surface area is 102 Å². The molecule has 1 spiro atoms. The van der Waals surface area contributed by atoms with Gasteiger partial charge < -0.3 is 10.1 Å². The van der Waals surface area contributed by atoms with Crippen LogP contribution in [0, 0.1) is 0 Å². The Balaban J connectivity index is 1.31. The summed E-state index contributed by atoms with van der Waals surface area (Å²) in [5.74, 6) is 0. The van der Waals surface area contributed by atoms with Crippen molar-refractivity contribution in [3.8, 4) is 0 Å². The molecule has 5 nitrogen and oxygen atoms in total. The third-order valence-electron chi connectivity index (χ3n) is 4.56. The number of alkyl carbamates (subject to hydrolysis) is 1. The minimum atomic E-state index is -0.319. The fourth-order valence-corrected chi connectivity index (χ4v) is 3.59. The van der Waals surface area contributed by atoms with Crippen LogP contribution in [0.25, 0.3) is 0 Å². The Morgan fingerprint density at radius 3 is 2.94 bits per heavy atom. The largest absolute Gasteiger partial charge is 0.450 e. The maximum absolute atomic E-state index is 10.8. The molecule has 96 valence electrons. The number of rotatable bonds is 5. The third kappa shape index (κ3) is 1.64. The molecule has 3 fully saturated rings. The summed E-state index contributed by atoms with van der Waals surface area (Å²) in [6, 6.07) is 0.796. The molecular formula is C12H21N3O2. The lowest BCUT2D eigenvalue weighted by Gasteiger charge is -2.38. The average molecular weight is 239 g/mol. The van der Waals surface area contributed by atoms with Gasteiger partial charge in [0.25, 0.3) is 0 Å². The van der Waals surface area contributed by atoms with Crippen LogP contribution in [0.1, 0.15) is 25.7 Å². The minimum absolute atomic E-state index is 0.319. The molecule has 0 aromatic rings. The van der Waals surface area contributed by atoms with E-state index < -0.39 is 0 Å². The van der Waals surface area contributed by atoms with Crippen molar-refractivity contribution < 1.29 is 9.53 Å². The highest BCUT2D eigenvalue weighted by Gasteiger charge is 2.72. The van der Waals surface area contributed by atoms with Gasteiger partial charge in [-0.1, -0.05) is 0 Å². The van der Waals surface area contributed by atoms with E-state index in [9.17, 15) is 4.79 Å². The van der Waals surface area contributed by atoms with E-state index in [1.54, 1.807) is 7.05 Å². The van der Waals surface area contributed by atoms with E-state index >= 15 is 0 Å². The topological polar surface area (TPSA) is 44.6 Å². The highest BCUT2D eigenvalue weighted by molar-refractivity contribution is 5.66. The number of amides is 1. The summed E-state index contributed by atoms with van der Waals surface area (Å²) in [6.45, 7) is 4.38. The van der Waals surface area contributed by atoms with Crippen LogP contribution < -0.4 is 5.32 Å². The number of hydrogen-bond donors (Lipinski definition) is 1. The van der Waals surface area contributed by atoms with Crippen molar-refractivity contribution in [3.05, 3.63) is 0 Å². The van der Waals surface area contributed by atoms with Crippen molar-refractivity contribution in [1.82, 2.24) is 15.1 Å². The zero-order valence-corrected chi connectivity index (χ0v) is 10.4. The van der Waals surface area contributed by atoms with Crippen LogP contribution in [0.2, 0.25) is 0 Å². The van der Waals surface area contributed by atoms with Crippen molar-refractivity contribution in [2.45, 2.75) is 37.4 Å². The molecule has 1 amide bonds. The van der Waals surface area contributed by atoms with Crippen molar-refractivity contribution in [1.29, 1.82) is 0 Å². The summed E-state index contributed by atoms with van der Waals surface area (Å²) in [4.78, 5) is 16.1. The number of carbonyl (C=O) groups excluding carboxylic acids is 1. The van der Waals surface area contributed by atoms with E-state index in [-0.39, 0.29) is 6.09 Å². The number of carbonyl (C=O) groups is 1. The Morgan fingerprint density at radius 2 is 2.29 bits per heavy atom. The van der Waals surface area contributed by atoms with Crippen molar-refractivity contribution in [2.75, 3.05) is 33.3 Å². The van der Waals surface area contributed by atoms with Gasteiger partial charge in [-0.2, -0.15) is 0 Å². The van der Waals surface area contributed by atoms with Gasteiger partial charge in [-0.25, -0.2) is 4.79 Å². The maximum atomic E-state index is 10.8. The van der Waals surface area contributed by atoms with Gasteiger partial charge in [0, 0.05) is 32.7 Å². The van der Waals surface area contributed by atoms with Crippen LogP contribution in [0.4, 0.5) is 4.79 Å². The predicted octanol–water partition coefficient (Wildman–Crippen LogP) is 0.613. The molecular weight excluding hydrogens is 218 g/mol. The van der Waals surface area contributed by atoms with Crippen LogP contribution in [0.3, 0.4) is 0 Å². The standard InChI is InChI=1S/C12H21N3O2/c1-13-11(16)17-9-3-2-4-10-12-5-6-14(12)7-8-15(10)12/h10H,2-9H2,1H3,(H,13,16). The Morgan fingerprint density at radius 1 is 1.41 bits per heavy atom. The van der Waals surface area contributed by atoms with Gasteiger partial charge in [0.15, 0.2) is 0 Å². The summed E-state index contributed by atoms with van der Waals surface area (Å²) in [7, 11) is 1.59. The summed E-state index contributed by atoms with van der Waals surface area (Å²) < 4.78 is 4.97. The third-order valence-corrected chi connectivity index (χ3v) is 4.56. The molecule has 3 rings (SSSR count). The highest BCUT2D eigenvalue weighted by Crippen LogP contribution is 2.57. The smallest absolute Gasteiger partial charge is 0.406 e. The molecule has 0 aromatic carbocycles. The van der Waals surface area contributed by atoms with Crippen molar-refractivity contribution in [2.24, 2.45) is 0 Å². The lowest BCUT2D eigenvalue weighted by Crippen LogP contribution is -2.50. The molecule has 3 aliphatic heterocycles. The van der Waals surface area contributed by atoms with E-state index in [1.807, 2.05) is 0 Å². The van der Waals surface area contributed by atoms with Gasteiger partial charge in [-0.15, -0.1) is 0 Å². The molecule has 0 aromatic heterocycles. The first kappa shape index (κ1) is 11.3. The number of nitrogens with one attached hydrogen (secondary N) is 1. The summed E-state index contributed by atoms with van der Waals surface area (Å²) in [6.07, 6.45) is 4.45. The molecule has 0 saturated carbocycles. The van der Waals surface area contributed by atoms with Crippen LogP contribution in [0.15, 0.2) is 0 Å². The van der Waals surface area contributed by atoms with Gasteiger partial charge >= 0.3 is 6.09 Å². The summed E-state index contributed by atoms with van der Waals surface area (Å²) in [5.41, 5.74) is 0.502. The SMILES string of the molecule is CNC(=O)OCCCCC1N2CCN3CCC132. The van der Waals surface area contributed by atoms with Gasteiger partial charge in [0.05, 0.1) is 12.3 Å². The van der Waals surface area contributed by atoms with Gasteiger partial charge in [0.2, 0.25) is 0 Å².